The van der Waals surface area contributed by atoms with E-state index in [1.165, 1.54) is 30.2 Å². The fraction of sp³-hybridized carbons (Fsp3) is 0.429. The second-order valence-corrected chi connectivity index (χ2v) is 10.8. The summed E-state index contributed by atoms with van der Waals surface area (Å²) in [6, 6.07) is 6.04. The molecule has 1 aliphatic heterocycles. The number of nitriles is 1. The summed E-state index contributed by atoms with van der Waals surface area (Å²) in [4.78, 5) is 15.6. The lowest BCUT2D eigenvalue weighted by Crippen LogP contribution is -2.62. The zero-order chi connectivity index (χ0) is 31.0. The number of aliphatic hydroxyl groups is 3. The van der Waals surface area contributed by atoms with Gasteiger partial charge in [-0.15, -0.1) is 5.10 Å². The highest BCUT2D eigenvalue weighted by molar-refractivity contribution is 6.31. The van der Waals surface area contributed by atoms with Crippen LogP contribution in [0.5, 0.6) is 0 Å². The number of carbonyl (C=O) groups is 1. The van der Waals surface area contributed by atoms with E-state index in [1.807, 2.05) is 6.07 Å². The maximum absolute atomic E-state index is 14.5. The van der Waals surface area contributed by atoms with E-state index in [0.717, 1.165) is 23.0 Å². The van der Waals surface area contributed by atoms with Gasteiger partial charge in [0.05, 0.1) is 36.6 Å². The molecule has 15 heteroatoms. The van der Waals surface area contributed by atoms with Gasteiger partial charge in [0, 0.05) is 23.4 Å². The van der Waals surface area contributed by atoms with Crippen molar-refractivity contribution in [2.45, 2.75) is 61.9 Å². The number of hydrogen-bond donors (Lipinski definition) is 3. The third-order valence-electron chi connectivity index (χ3n) is 7.81. The summed E-state index contributed by atoms with van der Waals surface area (Å²) in [7, 11) is 1.25. The van der Waals surface area contributed by atoms with Gasteiger partial charge in [0.25, 0.3) is 5.91 Å². The molecule has 3 aromatic rings. The van der Waals surface area contributed by atoms with Crippen molar-refractivity contribution in [3.63, 3.8) is 0 Å². The Morgan fingerprint density at radius 1 is 1.23 bits per heavy atom. The third kappa shape index (κ3) is 5.72. The van der Waals surface area contributed by atoms with Crippen molar-refractivity contribution < 1.29 is 42.8 Å². The number of carbonyl (C=O) groups excluding carboxylic acids is 1. The second-order valence-electron chi connectivity index (χ2n) is 10.3. The summed E-state index contributed by atoms with van der Waals surface area (Å²) in [5, 5.41) is 49.4. The highest BCUT2D eigenvalue weighted by Crippen LogP contribution is 2.37. The van der Waals surface area contributed by atoms with Crippen LogP contribution in [0.25, 0.3) is 11.3 Å². The number of anilines is 1. The Bertz CT molecular complexity index is 1550. The minimum absolute atomic E-state index is 0.168. The molecular formula is C28H27ClF3N5O6. The first-order chi connectivity index (χ1) is 20.6. The Balaban J connectivity index is 1.56. The maximum Gasteiger partial charge on any atom is 0.259 e. The van der Waals surface area contributed by atoms with E-state index in [2.05, 4.69) is 10.3 Å². The molecule has 1 aliphatic carbocycles. The van der Waals surface area contributed by atoms with Crippen LogP contribution in [0.1, 0.15) is 30.9 Å². The summed E-state index contributed by atoms with van der Waals surface area (Å²) in [6.45, 7) is -0.723. The van der Waals surface area contributed by atoms with Crippen LogP contribution in [0.3, 0.4) is 0 Å². The van der Waals surface area contributed by atoms with Crippen LogP contribution in [-0.2, 0) is 14.3 Å². The Hall–Kier alpha value is -3.58. The first-order valence-electron chi connectivity index (χ1n) is 13.3. The number of rotatable bonds is 7. The van der Waals surface area contributed by atoms with E-state index >= 15 is 0 Å². The number of amides is 1. The lowest BCUT2D eigenvalue weighted by Gasteiger charge is -2.45. The molecular weight excluding hydrogens is 595 g/mol. The van der Waals surface area contributed by atoms with E-state index in [-0.39, 0.29) is 22.0 Å². The number of hydrogen-bond acceptors (Lipinski definition) is 9. The zero-order valence-electron chi connectivity index (χ0n) is 22.6. The quantitative estimate of drug-likeness (QED) is 0.338. The molecule has 11 nitrogen and oxygen atoms in total. The molecule has 1 saturated heterocycles. The van der Waals surface area contributed by atoms with Crippen LogP contribution in [0.2, 0.25) is 5.02 Å². The zero-order valence-corrected chi connectivity index (χ0v) is 23.4. The SMILES string of the molecule is COC1C(C(=O)N(c2cc(Cl)cc(C#N)c2)[C@H]2CCC[C@@H]2O)OC(CO)C(O)C1n1cc(-c2ccc(F)c(F)c2F)nn1. The summed E-state index contributed by atoms with van der Waals surface area (Å²) >= 11 is 6.25. The normalized spacial score (nSPS) is 27.2. The molecule has 0 radical (unpaired) electrons. The van der Waals surface area contributed by atoms with Crippen molar-refractivity contribution in [3.8, 4) is 17.3 Å². The summed E-state index contributed by atoms with van der Waals surface area (Å²) < 4.78 is 54.5. The molecule has 1 saturated carbocycles. The van der Waals surface area contributed by atoms with Gasteiger partial charge >= 0.3 is 0 Å². The summed E-state index contributed by atoms with van der Waals surface area (Å²) in [5.74, 6) is -5.30. The van der Waals surface area contributed by atoms with Gasteiger partial charge in [-0.25, -0.2) is 17.9 Å². The fourth-order valence-corrected chi connectivity index (χ4v) is 5.98. The lowest BCUT2D eigenvalue weighted by atomic mass is 9.91. The van der Waals surface area contributed by atoms with Crippen LogP contribution in [0.4, 0.5) is 18.9 Å². The molecule has 5 rings (SSSR count). The number of halogens is 4. The van der Waals surface area contributed by atoms with E-state index in [0.29, 0.717) is 19.3 Å². The molecule has 2 heterocycles. The number of methoxy groups -OCH3 is 1. The van der Waals surface area contributed by atoms with Gasteiger partial charge in [-0.2, -0.15) is 5.26 Å². The number of ether oxygens (including phenoxy) is 2. The van der Waals surface area contributed by atoms with Gasteiger partial charge in [0.2, 0.25) is 0 Å². The highest BCUT2D eigenvalue weighted by Gasteiger charge is 2.52. The molecule has 2 fully saturated rings. The third-order valence-corrected chi connectivity index (χ3v) is 8.03. The van der Waals surface area contributed by atoms with Crippen molar-refractivity contribution in [2.24, 2.45) is 0 Å². The molecule has 43 heavy (non-hydrogen) atoms. The van der Waals surface area contributed by atoms with Crippen LogP contribution < -0.4 is 4.90 Å². The molecule has 1 amide bonds. The van der Waals surface area contributed by atoms with E-state index < -0.39 is 78.1 Å². The van der Waals surface area contributed by atoms with Crippen LogP contribution in [0.15, 0.2) is 36.5 Å². The van der Waals surface area contributed by atoms with Crippen molar-refractivity contribution in [2.75, 3.05) is 18.6 Å². The van der Waals surface area contributed by atoms with Crippen molar-refractivity contribution in [1.29, 1.82) is 5.26 Å². The Kier molecular flexibility index (Phi) is 9.02. The van der Waals surface area contributed by atoms with Gasteiger partial charge in [0.15, 0.2) is 23.6 Å². The number of nitrogens with zero attached hydrogens (tertiary/aromatic N) is 5. The van der Waals surface area contributed by atoms with Gasteiger partial charge < -0.3 is 29.7 Å². The van der Waals surface area contributed by atoms with Crippen molar-refractivity contribution >= 4 is 23.2 Å². The second kappa shape index (κ2) is 12.6. The smallest absolute Gasteiger partial charge is 0.259 e. The highest BCUT2D eigenvalue weighted by atomic mass is 35.5. The Morgan fingerprint density at radius 3 is 2.65 bits per heavy atom. The van der Waals surface area contributed by atoms with E-state index in [1.54, 1.807) is 0 Å². The monoisotopic (exact) mass is 621 g/mol. The van der Waals surface area contributed by atoms with Crippen LogP contribution in [0, 0.1) is 28.8 Å². The van der Waals surface area contributed by atoms with E-state index in [9.17, 15) is 38.5 Å². The topological polar surface area (TPSA) is 154 Å². The minimum atomic E-state index is -1.70. The molecule has 2 aliphatic rings. The first-order valence-corrected chi connectivity index (χ1v) is 13.7. The molecule has 0 spiro atoms. The molecule has 228 valence electrons. The fourth-order valence-electron chi connectivity index (χ4n) is 5.75. The Labute approximate surface area is 248 Å². The molecule has 2 aromatic carbocycles. The maximum atomic E-state index is 14.5. The first kappa shape index (κ1) is 30.9. The standard InChI is InChI=1S/C28H27ClF3N5O6/c1-42-26-24(36-11-18(34-35-36)16-5-6-17(30)23(32)22(16)31)25(40)21(12-38)43-27(26)28(41)37(19-3-2-4-20(19)39)15-8-13(10-33)7-14(29)9-15/h5-9,11,19-21,24-27,38-40H,2-4,12H2,1H3/t19-,20-,21?,24?,25?,26?,27?/m0/s1. The average molecular weight is 622 g/mol. The summed E-state index contributed by atoms with van der Waals surface area (Å²) in [6.07, 6.45) is -3.93. The minimum Gasteiger partial charge on any atom is -0.394 e. The predicted octanol–water partition coefficient (Wildman–Crippen LogP) is 2.51. The van der Waals surface area contributed by atoms with E-state index in [4.69, 9.17) is 21.1 Å². The van der Waals surface area contributed by atoms with Crippen molar-refractivity contribution in [1.82, 2.24) is 15.0 Å². The van der Waals surface area contributed by atoms with Crippen molar-refractivity contribution in [3.05, 3.63) is 64.6 Å². The lowest BCUT2D eigenvalue weighted by molar-refractivity contribution is -0.211. The van der Waals surface area contributed by atoms with Gasteiger partial charge in [-0.05, 0) is 49.6 Å². The molecule has 1 aromatic heterocycles. The number of benzene rings is 2. The molecule has 0 bridgehead atoms. The Morgan fingerprint density at radius 2 is 2.00 bits per heavy atom. The summed E-state index contributed by atoms with van der Waals surface area (Å²) in [5.41, 5.74) is -0.213. The van der Waals surface area contributed by atoms with Gasteiger partial charge in [0.1, 0.15) is 30.0 Å². The van der Waals surface area contributed by atoms with Gasteiger partial charge in [-0.3, -0.25) is 4.79 Å². The van der Waals surface area contributed by atoms with Crippen LogP contribution >= 0.6 is 11.6 Å². The van der Waals surface area contributed by atoms with Gasteiger partial charge in [-0.1, -0.05) is 16.8 Å². The largest absolute Gasteiger partial charge is 0.394 e. The predicted molar refractivity (Wildman–Crippen MR) is 144 cm³/mol. The number of aromatic nitrogens is 3. The molecule has 3 N–H and O–H groups in total. The molecule has 5 unspecified atom stereocenters. The number of aliphatic hydroxyl groups excluding tert-OH is 3. The van der Waals surface area contributed by atoms with Crippen LogP contribution in [-0.4, -0.2) is 86.5 Å². The average Bonchev–Trinajstić information content (AvgIpc) is 3.64. The molecule has 7 atom stereocenters.